The lowest BCUT2D eigenvalue weighted by Gasteiger charge is -2.39. The lowest BCUT2D eigenvalue weighted by Crippen LogP contribution is -2.44. The Morgan fingerprint density at radius 3 is 1.54 bits per heavy atom. The Bertz CT molecular complexity index is 2500. The van der Waals surface area contributed by atoms with Crippen LogP contribution in [-0.2, 0) is 13.1 Å². The molecule has 0 bridgehead atoms. The van der Waals surface area contributed by atoms with Gasteiger partial charge in [-0.25, -0.2) is 9.97 Å². The van der Waals surface area contributed by atoms with Crippen LogP contribution in [0.5, 0.6) is 0 Å². The maximum absolute atomic E-state index is 13.4. The number of halogens is 1. The van der Waals surface area contributed by atoms with Crippen LogP contribution in [0.1, 0.15) is 82.8 Å². The first kappa shape index (κ1) is 41.2. The van der Waals surface area contributed by atoms with Crippen molar-refractivity contribution in [2.24, 2.45) is 0 Å². The van der Waals surface area contributed by atoms with E-state index in [-0.39, 0.29) is 11.1 Å². The zero-order valence-electron chi connectivity index (χ0n) is 32.9. The Morgan fingerprint density at radius 1 is 0.614 bits per heavy atom. The minimum Gasteiger partial charge on any atom is -0.305 e. The van der Waals surface area contributed by atoms with Crippen LogP contribution in [-0.4, -0.2) is 48.0 Å². The minimum absolute atomic E-state index is 0.0861. The summed E-state index contributed by atoms with van der Waals surface area (Å²) in [4.78, 5) is 38.3. The molecule has 7 rings (SSSR count). The van der Waals surface area contributed by atoms with Crippen molar-refractivity contribution in [2.75, 3.05) is 11.9 Å². The second-order valence-corrected chi connectivity index (χ2v) is 15.7. The predicted molar refractivity (Wildman–Crippen MR) is 233 cm³/mol. The number of aromatic nitrogens is 4. The lowest BCUT2D eigenvalue weighted by molar-refractivity contribution is 0.101. The molecule has 0 N–H and O–H groups in total. The van der Waals surface area contributed by atoms with Crippen LogP contribution in [0, 0.1) is 22.7 Å². The number of nitrogens with zero attached hydrogens (tertiary/aromatic N) is 7. The number of fused-ring (bicyclic) bond motifs is 2. The van der Waals surface area contributed by atoms with Gasteiger partial charge in [0, 0.05) is 41.6 Å². The van der Waals surface area contributed by atoms with Crippen molar-refractivity contribution in [3.05, 3.63) is 129 Å². The molecule has 10 heteroatoms. The Balaban J connectivity index is 0.000000199. The highest BCUT2D eigenvalue weighted by Gasteiger charge is 2.24. The molecule has 0 radical (unpaired) electrons. The van der Waals surface area contributed by atoms with Gasteiger partial charge in [0.05, 0.1) is 45.3 Å². The number of hydrogen-bond donors (Lipinski definition) is 0. The van der Waals surface area contributed by atoms with Crippen molar-refractivity contribution in [3.8, 4) is 34.7 Å². The van der Waals surface area contributed by atoms with E-state index in [0.717, 1.165) is 72.5 Å². The second kappa shape index (κ2) is 20.1. The van der Waals surface area contributed by atoms with Crippen molar-refractivity contribution in [1.82, 2.24) is 24.0 Å². The molecule has 2 aromatic heterocycles. The number of rotatable bonds is 13. The molecule has 1 fully saturated rings. The Labute approximate surface area is 343 Å². The van der Waals surface area contributed by atoms with Crippen molar-refractivity contribution in [2.45, 2.75) is 96.8 Å². The summed E-state index contributed by atoms with van der Waals surface area (Å²) in [7, 11) is 0. The van der Waals surface area contributed by atoms with E-state index in [1.54, 1.807) is 36.4 Å². The number of nitriles is 2. The number of piperidine rings is 1. The number of unbranched alkanes of at least 4 members (excludes halogenated alkanes) is 4. The summed E-state index contributed by atoms with van der Waals surface area (Å²) in [5.41, 5.74) is 6.38. The topological polar surface area (TPSA) is 121 Å². The number of benzene rings is 4. The predicted octanol–water partition coefficient (Wildman–Crippen LogP) is 9.87. The lowest BCUT2D eigenvalue weighted by atomic mass is 9.97. The molecule has 0 saturated carbocycles. The maximum atomic E-state index is 13.4. The normalized spacial score (nSPS) is 15.5. The van der Waals surface area contributed by atoms with Gasteiger partial charge in [-0.1, -0.05) is 83.7 Å². The third-order valence-corrected chi connectivity index (χ3v) is 11.5. The van der Waals surface area contributed by atoms with Crippen molar-refractivity contribution in [1.29, 1.82) is 10.5 Å². The molecule has 0 amide bonds. The first-order valence-corrected chi connectivity index (χ1v) is 21.3. The molecule has 2 atom stereocenters. The Kier molecular flexibility index (Phi) is 14.6. The largest absolute Gasteiger partial charge is 0.305 e. The summed E-state index contributed by atoms with van der Waals surface area (Å²) in [5, 5.41) is 19.3. The van der Waals surface area contributed by atoms with Gasteiger partial charge in [-0.3, -0.25) is 14.5 Å². The third-order valence-electron chi connectivity index (χ3n) is 10.9. The summed E-state index contributed by atoms with van der Waals surface area (Å²) in [6.45, 7) is 7.18. The fourth-order valence-corrected chi connectivity index (χ4v) is 8.27. The monoisotopic (exact) mass is 823 g/mol. The average Bonchev–Trinajstić information content (AvgIpc) is 3.24. The summed E-state index contributed by atoms with van der Waals surface area (Å²) < 4.78 is 3.67. The zero-order valence-corrected chi connectivity index (χ0v) is 34.5. The zero-order chi connectivity index (χ0) is 40.1. The molecule has 0 unspecified atom stereocenters. The SMILES string of the molecule is C[C@@H]1CCC[C@H](C)N1CCCCCn1c(=O)c(-c2cccc(C#N)c2)nc2ccccc21.N#Cc1cccc(-c2nc3ccccc3n(CCCCCBr)c2=O)c1. The van der Waals surface area contributed by atoms with Gasteiger partial charge < -0.3 is 9.13 Å². The first-order chi connectivity index (χ1) is 27.8. The van der Waals surface area contributed by atoms with Crippen LogP contribution in [0.3, 0.4) is 0 Å². The number of likely N-dealkylation sites (tertiary alicyclic amines) is 1. The molecule has 1 saturated heterocycles. The molecule has 3 heterocycles. The van der Waals surface area contributed by atoms with Crippen LogP contribution >= 0.6 is 15.9 Å². The minimum atomic E-state index is -0.104. The van der Waals surface area contributed by atoms with E-state index >= 15 is 0 Å². The van der Waals surface area contributed by atoms with E-state index in [4.69, 9.17) is 5.26 Å². The molecular formula is C47H50BrN7O2. The van der Waals surface area contributed by atoms with Gasteiger partial charge in [0.15, 0.2) is 0 Å². The van der Waals surface area contributed by atoms with Crippen LogP contribution in [0.25, 0.3) is 44.6 Å². The van der Waals surface area contributed by atoms with Gasteiger partial charge in [0.1, 0.15) is 11.4 Å². The summed E-state index contributed by atoms with van der Waals surface area (Å²) in [6, 6.07) is 35.3. The van der Waals surface area contributed by atoms with Gasteiger partial charge in [-0.05, 0) is 107 Å². The standard InChI is InChI=1S/C27H32N4O.C20H18BrN3O/c1-20-10-8-11-21(2)30(20)16-6-3-7-17-31-25-15-5-4-14-24(25)29-26(27(31)32)23-13-9-12-22(18-23)19-28;21-11-4-1-5-12-24-18-10-3-2-9-17(18)23-19(20(24)25)16-8-6-7-15(13-16)14-22/h4-5,9,12-15,18,20-21H,3,6-8,10-11,16-17H2,1-2H3;2-3,6-10,13H,1,4-5,11-12H2/t20-,21+;. The van der Waals surface area contributed by atoms with Crippen LogP contribution in [0.2, 0.25) is 0 Å². The molecule has 0 aliphatic carbocycles. The summed E-state index contributed by atoms with van der Waals surface area (Å²) in [5.74, 6) is 0. The molecule has 57 heavy (non-hydrogen) atoms. The van der Waals surface area contributed by atoms with Crippen LogP contribution < -0.4 is 11.1 Å². The van der Waals surface area contributed by atoms with E-state index in [2.05, 4.69) is 56.8 Å². The highest BCUT2D eigenvalue weighted by atomic mass is 79.9. The van der Waals surface area contributed by atoms with Crippen molar-refractivity contribution < 1.29 is 0 Å². The van der Waals surface area contributed by atoms with E-state index in [9.17, 15) is 14.9 Å². The molecule has 1 aliphatic rings. The van der Waals surface area contributed by atoms with Crippen molar-refractivity contribution in [3.63, 3.8) is 0 Å². The summed E-state index contributed by atoms with van der Waals surface area (Å²) in [6.07, 6.45) is 10.3. The van der Waals surface area contributed by atoms with Gasteiger partial charge in [-0.2, -0.15) is 10.5 Å². The van der Waals surface area contributed by atoms with Gasteiger partial charge in [0.25, 0.3) is 11.1 Å². The smallest absolute Gasteiger partial charge is 0.277 e. The molecule has 4 aromatic carbocycles. The highest BCUT2D eigenvalue weighted by Crippen LogP contribution is 2.24. The first-order valence-electron chi connectivity index (χ1n) is 20.1. The fraction of sp³-hybridized carbons (Fsp3) is 0.362. The Hall–Kier alpha value is -5.42. The molecule has 0 spiro atoms. The third kappa shape index (κ3) is 10.1. The van der Waals surface area contributed by atoms with Gasteiger partial charge >= 0.3 is 0 Å². The van der Waals surface area contributed by atoms with E-state index < -0.39 is 0 Å². The fourth-order valence-electron chi connectivity index (χ4n) is 7.87. The highest BCUT2D eigenvalue weighted by molar-refractivity contribution is 9.09. The van der Waals surface area contributed by atoms with E-state index in [1.807, 2.05) is 69.8 Å². The quantitative estimate of drug-likeness (QED) is 0.0840. The molecule has 1 aliphatic heterocycles. The number of para-hydroxylation sites is 4. The second-order valence-electron chi connectivity index (χ2n) is 14.9. The van der Waals surface area contributed by atoms with Crippen LogP contribution in [0.15, 0.2) is 107 Å². The van der Waals surface area contributed by atoms with E-state index in [0.29, 0.717) is 58.8 Å². The number of hydrogen-bond acceptors (Lipinski definition) is 7. The van der Waals surface area contributed by atoms with E-state index in [1.165, 1.54) is 19.3 Å². The Morgan fingerprint density at radius 2 is 1.07 bits per heavy atom. The molecular weight excluding hydrogens is 774 g/mol. The number of alkyl halides is 1. The molecule has 292 valence electrons. The average molecular weight is 825 g/mol. The maximum Gasteiger partial charge on any atom is 0.277 e. The van der Waals surface area contributed by atoms with Crippen LogP contribution in [0.4, 0.5) is 0 Å². The van der Waals surface area contributed by atoms with Gasteiger partial charge in [-0.15, -0.1) is 0 Å². The molecule has 6 aromatic rings. The number of aryl methyl sites for hydroxylation is 2. The molecule has 9 nitrogen and oxygen atoms in total. The van der Waals surface area contributed by atoms with Gasteiger partial charge in [0.2, 0.25) is 0 Å². The summed E-state index contributed by atoms with van der Waals surface area (Å²) >= 11 is 3.44. The van der Waals surface area contributed by atoms with Crippen molar-refractivity contribution >= 4 is 38.0 Å².